The highest BCUT2D eigenvalue weighted by molar-refractivity contribution is 5.88. The Kier molecular flexibility index (Phi) is 4.36. The van der Waals surface area contributed by atoms with Crippen molar-refractivity contribution in [2.45, 2.75) is 28.7 Å². The van der Waals surface area contributed by atoms with Gasteiger partial charge in [-0.05, 0) is 35.7 Å². The average Bonchev–Trinajstić information content (AvgIpc) is 2.04. The number of hydrogen-bond acceptors (Lipinski definition) is 0. The zero-order chi connectivity index (χ0) is 8.55. The lowest BCUT2D eigenvalue weighted by Crippen LogP contribution is -1.81. The highest BCUT2D eigenvalue weighted by Crippen LogP contribution is 2.21. The molecule has 0 unspecified atom stereocenters. The van der Waals surface area contributed by atoms with Gasteiger partial charge in [0.05, 0.1) is 0 Å². The van der Waals surface area contributed by atoms with Crippen LogP contribution in [0.5, 0.6) is 0 Å². The third-order valence-electron chi connectivity index (χ3n) is 2.32. The van der Waals surface area contributed by atoms with Gasteiger partial charge in [0.1, 0.15) is 0 Å². The maximum atomic E-state index is 2.16. The Balaban J connectivity index is 0.000000845. The van der Waals surface area contributed by atoms with Gasteiger partial charge < -0.3 is 0 Å². The van der Waals surface area contributed by atoms with Gasteiger partial charge in [-0.3, -0.25) is 0 Å². The normalized spacial score (nSPS) is 9.00. The monoisotopic (exact) mass is 188 g/mol. The summed E-state index contributed by atoms with van der Waals surface area (Å²) in [5.74, 6) is 0. The van der Waals surface area contributed by atoms with Crippen molar-refractivity contribution in [3.05, 3.63) is 47.5 Å². The second-order valence-electron chi connectivity index (χ2n) is 3.25. The smallest absolute Gasteiger partial charge is 0.0125 e. The summed E-state index contributed by atoms with van der Waals surface area (Å²) in [5, 5.41) is 2.75. The molecule has 0 aliphatic rings. The van der Waals surface area contributed by atoms with Gasteiger partial charge in [0.25, 0.3) is 0 Å². The van der Waals surface area contributed by atoms with Crippen LogP contribution >= 0.6 is 0 Å². The van der Waals surface area contributed by atoms with Crippen LogP contribution in [-0.2, 0) is 0 Å². The maximum absolute atomic E-state index is 2.16. The van der Waals surface area contributed by atoms with Crippen LogP contribution in [0.3, 0.4) is 0 Å². The van der Waals surface area contributed by atoms with Gasteiger partial charge in [0.15, 0.2) is 0 Å². The summed E-state index contributed by atoms with van der Waals surface area (Å²) in [6.07, 6.45) is 0. The fraction of sp³-hybridized carbons (Fsp3) is 0.286. The molecule has 14 heavy (non-hydrogen) atoms. The predicted molar refractivity (Wildman–Crippen MR) is 66.9 cm³/mol. The first-order valence-corrected chi connectivity index (χ1v) is 4.24. The van der Waals surface area contributed by atoms with Crippen molar-refractivity contribution in [3.8, 4) is 0 Å². The second-order valence-corrected chi connectivity index (χ2v) is 3.25. The van der Waals surface area contributed by atoms with E-state index in [4.69, 9.17) is 0 Å². The topological polar surface area (TPSA) is 0 Å². The number of benzene rings is 2. The highest BCUT2D eigenvalue weighted by Gasteiger charge is 1.97. The maximum Gasteiger partial charge on any atom is -0.0125 e. The van der Waals surface area contributed by atoms with Crippen LogP contribution in [0.4, 0.5) is 0 Å². The third kappa shape index (κ3) is 1.95. The lowest BCUT2D eigenvalue weighted by Gasteiger charge is -2.04. The molecule has 2 aromatic carbocycles. The molecule has 0 fully saturated rings. The lowest BCUT2D eigenvalue weighted by molar-refractivity contribution is 1.46. The molecular weight excluding hydrogens is 168 g/mol. The average molecular weight is 188 g/mol. The number of aryl methyl sites for hydroxylation is 2. The molecule has 0 aliphatic carbocycles. The van der Waals surface area contributed by atoms with Crippen LogP contribution in [0.25, 0.3) is 10.8 Å². The summed E-state index contributed by atoms with van der Waals surface area (Å²) in [4.78, 5) is 0. The van der Waals surface area contributed by atoms with Crippen molar-refractivity contribution in [1.29, 1.82) is 0 Å². The lowest BCUT2D eigenvalue weighted by atomic mass is 10.0. The van der Waals surface area contributed by atoms with E-state index in [1.165, 1.54) is 21.9 Å². The first-order chi connectivity index (χ1) is 5.79. The minimum atomic E-state index is 0. The van der Waals surface area contributed by atoms with E-state index in [2.05, 4.69) is 50.2 Å². The third-order valence-corrected chi connectivity index (χ3v) is 2.32. The van der Waals surface area contributed by atoms with Crippen LogP contribution in [-0.4, -0.2) is 0 Å². The van der Waals surface area contributed by atoms with Crippen molar-refractivity contribution in [2.24, 2.45) is 0 Å². The van der Waals surface area contributed by atoms with Gasteiger partial charge >= 0.3 is 0 Å². The zero-order valence-corrected chi connectivity index (χ0v) is 7.46. The van der Waals surface area contributed by atoms with Crippen LogP contribution in [0.15, 0.2) is 36.4 Å². The fourth-order valence-electron chi connectivity index (χ4n) is 1.75. The Morgan fingerprint density at radius 2 is 1.14 bits per heavy atom. The van der Waals surface area contributed by atoms with Gasteiger partial charge in [0, 0.05) is 0 Å². The van der Waals surface area contributed by atoms with Gasteiger partial charge in [-0.2, -0.15) is 0 Å². The van der Waals surface area contributed by atoms with Crippen LogP contribution in [0.2, 0.25) is 0 Å². The summed E-state index contributed by atoms with van der Waals surface area (Å²) < 4.78 is 0. The highest BCUT2D eigenvalue weighted by atomic mass is 14.0. The Labute approximate surface area is 87.6 Å². The molecule has 0 bridgehead atoms. The number of rotatable bonds is 0. The number of fused-ring (bicyclic) bond motifs is 1. The Morgan fingerprint density at radius 1 is 0.714 bits per heavy atom. The molecule has 0 spiro atoms. The summed E-state index contributed by atoms with van der Waals surface area (Å²) in [6.45, 7) is 4.32. The molecule has 0 heterocycles. The minimum Gasteiger partial charge on any atom is -0.0776 e. The Bertz CT molecular complexity index is 377. The first kappa shape index (κ1) is 12.7. The van der Waals surface area contributed by atoms with Crippen molar-refractivity contribution in [3.63, 3.8) is 0 Å². The molecule has 2 rings (SSSR count). The Morgan fingerprint density at radius 3 is 1.50 bits per heavy atom. The van der Waals surface area contributed by atoms with Crippen molar-refractivity contribution < 1.29 is 0 Å². The van der Waals surface area contributed by atoms with Crippen LogP contribution in [0.1, 0.15) is 26.0 Å². The van der Waals surface area contributed by atoms with Crippen molar-refractivity contribution >= 4 is 10.8 Å². The summed E-state index contributed by atoms with van der Waals surface area (Å²) in [6, 6.07) is 12.9. The summed E-state index contributed by atoms with van der Waals surface area (Å²) in [7, 11) is 0. The van der Waals surface area contributed by atoms with E-state index in [-0.39, 0.29) is 14.9 Å². The molecular formula is C14H20. The molecule has 0 saturated heterocycles. The summed E-state index contributed by atoms with van der Waals surface area (Å²) >= 11 is 0. The van der Waals surface area contributed by atoms with Crippen LogP contribution < -0.4 is 0 Å². The molecule has 0 aliphatic heterocycles. The van der Waals surface area contributed by atoms with Gasteiger partial charge in [-0.1, -0.05) is 51.3 Å². The van der Waals surface area contributed by atoms with E-state index < -0.39 is 0 Å². The SMILES string of the molecule is C.C.Cc1cccc2cccc(C)c12. The largest absolute Gasteiger partial charge is 0.0776 e. The quantitative estimate of drug-likeness (QED) is 0.560. The predicted octanol–water partition coefficient (Wildman–Crippen LogP) is 4.73. The molecule has 0 nitrogen and oxygen atoms in total. The van der Waals surface area contributed by atoms with Crippen molar-refractivity contribution in [1.82, 2.24) is 0 Å². The molecule has 2 aromatic rings. The van der Waals surface area contributed by atoms with E-state index >= 15 is 0 Å². The molecule has 0 atom stereocenters. The van der Waals surface area contributed by atoms with Crippen LogP contribution in [0, 0.1) is 13.8 Å². The molecule has 0 heteroatoms. The minimum absolute atomic E-state index is 0. The summed E-state index contributed by atoms with van der Waals surface area (Å²) in [5.41, 5.74) is 2.73. The van der Waals surface area contributed by atoms with Gasteiger partial charge in [0.2, 0.25) is 0 Å². The standard InChI is InChI=1S/C12H12.2CH4/c1-9-5-3-7-11-8-4-6-10(2)12(9)11;;/h3-8H,1-2H3;2*1H4. The van der Waals surface area contributed by atoms with E-state index in [1.54, 1.807) is 0 Å². The molecule has 0 amide bonds. The zero-order valence-electron chi connectivity index (χ0n) is 7.46. The molecule has 76 valence electrons. The molecule has 0 saturated carbocycles. The van der Waals surface area contributed by atoms with E-state index in [9.17, 15) is 0 Å². The first-order valence-electron chi connectivity index (χ1n) is 4.24. The van der Waals surface area contributed by atoms with Gasteiger partial charge in [-0.25, -0.2) is 0 Å². The van der Waals surface area contributed by atoms with Gasteiger partial charge in [-0.15, -0.1) is 0 Å². The van der Waals surface area contributed by atoms with Crippen molar-refractivity contribution in [2.75, 3.05) is 0 Å². The molecule has 0 N–H and O–H groups in total. The molecule has 0 aromatic heterocycles. The van der Waals surface area contributed by atoms with E-state index in [1.807, 2.05) is 0 Å². The van der Waals surface area contributed by atoms with E-state index in [0.29, 0.717) is 0 Å². The van der Waals surface area contributed by atoms with E-state index in [0.717, 1.165) is 0 Å². The number of hydrogen-bond donors (Lipinski definition) is 0. The molecule has 0 radical (unpaired) electrons. The fourth-order valence-corrected chi connectivity index (χ4v) is 1.75. The Hall–Kier alpha value is -1.30. The second kappa shape index (κ2) is 4.80.